The average molecular weight is 287 g/mol. The minimum atomic E-state index is -0.390. The summed E-state index contributed by atoms with van der Waals surface area (Å²) in [7, 11) is 3.09. The molecule has 5 heteroatoms. The first-order chi connectivity index (χ1) is 10.2. The maximum absolute atomic E-state index is 12.2. The molecule has 0 heterocycles. The first-order valence-electron chi connectivity index (χ1n) is 6.41. The molecule has 2 rings (SSSR count). The highest BCUT2D eigenvalue weighted by Gasteiger charge is 2.13. The van der Waals surface area contributed by atoms with Crippen molar-refractivity contribution in [3.63, 3.8) is 0 Å². The van der Waals surface area contributed by atoms with E-state index in [0.717, 1.165) is 5.56 Å². The Morgan fingerprint density at radius 1 is 1.19 bits per heavy atom. The standard InChI is InChI=1S/C16H17NO4/c1-20-10-11-5-3-4-6-14(11)17-16(19)13-8-7-12(21-2)9-15(13)18/h3-9,18H,10H2,1-2H3,(H,17,19). The first kappa shape index (κ1) is 14.9. The number of amides is 1. The van der Waals surface area contributed by atoms with Crippen LogP contribution in [0.5, 0.6) is 11.5 Å². The van der Waals surface area contributed by atoms with Crippen LogP contribution in [0.4, 0.5) is 5.69 Å². The summed E-state index contributed by atoms with van der Waals surface area (Å²) in [5.41, 5.74) is 1.70. The van der Waals surface area contributed by atoms with Gasteiger partial charge in [0.25, 0.3) is 5.91 Å². The van der Waals surface area contributed by atoms with Gasteiger partial charge >= 0.3 is 0 Å². The third-order valence-corrected chi connectivity index (χ3v) is 3.01. The van der Waals surface area contributed by atoms with Gasteiger partial charge in [0, 0.05) is 24.4 Å². The Morgan fingerprint density at radius 2 is 1.95 bits per heavy atom. The zero-order chi connectivity index (χ0) is 15.2. The highest BCUT2D eigenvalue weighted by atomic mass is 16.5. The van der Waals surface area contributed by atoms with Gasteiger partial charge in [-0.1, -0.05) is 18.2 Å². The Bertz CT molecular complexity index is 640. The van der Waals surface area contributed by atoms with Gasteiger partial charge < -0.3 is 19.9 Å². The smallest absolute Gasteiger partial charge is 0.259 e. The molecule has 0 unspecified atom stereocenters. The van der Waals surface area contributed by atoms with Gasteiger partial charge in [0.1, 0.15) is 11.5 Å². The summed E-state index contributed by atoms with van der Waals surface area (Å²) >= 11 is 0. The molecule has 5 nitrogen and oxygen atoms in total. The molecule has 21 heavy (non-hydrogen) atoms. The molecule has 0 spiro atoms. The van der Waals surface area contributed by atoms with Crippen LogP contribution in [-0.4, -0.2) is 25.2 Å². The number of carbonyl (C=O) groups is 1. The van der Waals surface area contributed by atoms with Crippen LogP contribution in [0.25, 0.3) is 0 Å². The minimum Gasteiger partial charge on any atom is -0.507 e. The van der Waals surface area contributed by atoms with E-state index in [0.29, 0.717) is 18.0 Å². The maximum atomic E-state index is 12.2. The number of benzene rings is 2. The Kier molecular flexibility index (Phi) is 4.79. The van der Waals surface area contributed by atoms with Gasteiger partial charge in [-0.15, -0.1) is 0 Å². The molecule has 0 aliphatic carbocycles. The van der Waals surface area contributed by atoms with Crippen molar-refractivity contribution in [3.05, 3.63) is 53.6 Å². The second-order valence-corrected chi connectivity index (χ2v) is 4.43. The Labute approximate surface area is 123 Å². The third-order valence-electron chi connectivity index (χ3n) is 3.01. The molecule has 0 saturated heterocycles. The third kappa shape index (κ3) is 3.52. The number of methoxy groups -OCH3 is 2. The van der Waals surface area contributed by atoms with E-state index < -0.39 is 5.91 Å². The first-order valence-corrected chi connectivity index (χ1v) is 6.41. The lowest BCUT2D eigenvalue weighted by molar-refractivity contribution is 0.102. The summed E-state index contributed by atoms with van der Waals surface area (Å²) in [6.07, 6.45) is 0. The molecule has 110 valence electrons. The number of phenols is 1. The van der Waals surface area contributed by atoms with Gasteiger partial charge in [0.05, 0.1) is 19.3 Å². The zero-order valence-corrected chi connectivity index (χ0v) is 11.9. The number of anilines is 1. The summed E-state index contributed by atoms with van der Waals surface area (Å²) in [6, 6.07) is 11.9. The summed E-state index contributed by atoms with van der Waals surface area (Å²) in [4.78, 5) is 12.2. The van der Waals surface area contributed by atoms with Crippen molar-refractivity contribution >= 4 is 11.6 Å². The number of rotatable bonds is 5. The molecule has 2 N–H and O–H groups in total. The lowest BCUT2D eigenvalue weighted by Gasteiger charge is -2.11. The summed E-state index contributed by atoms with van der Waals surface area (Å²) in [6.45, 7) is 0.394. The Morgan fingerprint density at radius 3 is 2.62 bits per heavy atom. The van der Waals surface area contributed by atoms with Crippen LogP contribution in [0.2, 0.25) is 0 Å². The van der Waals surface area contributed by atoms with Crippen LogP contribution >= 0.6 is 0 Å². The van der Waals surface area contributed by atoms with Crippen LogP contribution < -0.4 is 10.1 Å². The van der Waals surface area contributed by atoms with Crippen molar-refractivity contribution in [2.45, 2.75) is 6.61 Å². The number of hydrogen-bond donors (Lipinski definition) is 2. The van der Waals surface area contributed by atoms with E-state index in [9.17, 15) is 9.90 Å². The van der Waals surface area contributed by atoms with E-state index in [4.69, 9.17) is 9.47 Å². The van der Waals surface area contributed by atoms with Gasteiger partial charge in [0.15, 0.2) is 0 Å². The highest BCUT2D eigenvalue weighted by molar-refractivity contribution is 6.06. The fraction of sp³-hybridized carbons (Fsp3) is 0.188. The van der Waals surface area contributed by atoms with E-state index in [1.54, 1.807) is 19.2 Å². The van der Waals surface area contributed by atoms with Crippen LogP contribution in [0.15, 0.2) is 42.5 Å². The van der Waals surface area contributed by atoms with Gasteiger partial charge in [-0.25, -0.2) is 0 Å². The van der Waals surface area contributed by atoms with E-state index in [-0.39, 0.29) is 11.3 Å². The lowest BCUT2D eigenvalue weighted by Crippen LogP contribution is -2.13. The molecule has 0 aliphatic heterocycles. The molecule has 2 aromatic carbocycles. The number of aromatic hydroxyl groups is 1. The highest BCUT2D eigenvalue weighted by Crippen LogP contribution is 2.25. The Balaban J connectivity index is 2.22. The van der Waals surface area contributed by atoms with Crippen molar-refractivity contribution in [2.24, 2.45) is 0 Å². The second-order valence-electron chi connectivity index (χ2n) is 4.43. The van der Waals surface area contributed by atoms with Gasteiger partial charge in [0.2, 0.25) is 0 Å². The van der Waals surface area contributed by atoms with Crippen molar-refractivity contribution < 1.29 is 19.4 Å². The average Bonchev–Trinajstić information content (AvgIpc) is 2.49. The molecular formula is C16H17NO4. The topological polar surface area (TPSA) is 67.8 Å². The molecule has 0 bridgehead atoms. The number of carbonyl (C=O) groups excluding carboxylic acids is 1. The second kappa shape index (κ2) is 6.76. The van der Waals surface area contributed by atoms with E-state index in [1.165, 1.54) is 19.2 Å². The fourth-order valence-corrected chi connectivity index (χ4v) is 1.94. The largest absolute Gasteiger partial charge is 0.507 e. The number of hydrogen-bond acceptors (Lipinski definition) is 4. The number of phenolic OH excluding ortho intramolecular Hbond substituents is 1. The molecule has 0 aromatic heterocycles. The van der Waals surface area contributed by atoms with Crippen LogP contribution in [-0.2, 0) is 11.3 Å². The summed E-state index contributed by atoms with van der Waals surface area (Å²) in [5, 5.41) is 12.6. The molecule has 0 radical (unpaired) electrons. The molecule has 0 saturated carbocycles. The van der Waals surface area contributed by atoms with E-state index in [1.807, 2.05) is 18.2 Å². The molecule has 1 amide bonds. The monoisotopic (exact) mass is 287 g/mol. The SMILES string of the molecule is COCc1ccccc1NC(=O)c1ccc(OC)cc1O. The van der Waals surface area contributed by atoms with E-state index >= 15 is 0 Å². The molecular weight excluding hydrogens is 270 g/mol. The van der Waals surface area contributed by atoms with Crippen molar-refractivity contribution in [1.82, 2.24) is 0 Å². The predicted octanol–water partition coefficient (Wildman–Crippen LogP) is 2.80. The van der Waals surface area contributed by atoms with Crippen LogP contribution in [0, 0.1) is 0 Å². The lowest BCUT2D eigenvalue weighted by atomic mass is 10.1. The number of ether oxygens (including phenoxy) is 2. The van der Waals surface area contributed by atoms with E-state index in [2.05, 4.69) is 5.32 Å². The number of para-hydroxylation sites is 1. The molecule has 0 atom stereocenters. The Hall–Kier alpha value is -2.53. The maximum Gasteiger partial charge on any atom is 0.259 e. The predicted molar refractivity (Wildman–Crippen MR) is 79.8 cm³/mol. The zero-order valence-electron chi connectivity index (χ0n) is 11.9. The van der Waals surface area contributed by atoms with Crippen LogP contribution in [0.1, 0.15) is 15.9 Å². The minimum absolute atomic E-state index is 0.129. The van der Waals surface area contributed by atoms with Gasteiger partial charge in [-0.3, -0.25) is 4.79 Å². The molecule has 0 fully saturated rings. The van der Waals surface area contributed by atoms with Gasteiger partial charge in [-0.2, -0.15) is 0 Å². The number of nitrogens with one attached hydrogen (secondary N) is 1. The van der Waals surface area contributed by atoms with Gasteiger partial charge in [-0.05, 0) is 18.2 Å². The normalized spacial score (nSPS) is 10.2. The van der Waals surface area contributed by atoms with Crippen molar-refractivity contribution in [1.29, 1.82) is 0 Å². The van der Waals surface area contributed by atoms with Crippen molar-refractivity contribution in [3.8, 4) is 11.5 Å². The quantitative estimate of drug-likeness (QED) is 0.887. The van der Waals surface area contributed by atoms with Crippen molar-refractivity contribution in [2.75, 3.05) is 19.5 Å². The fourth-order valence-electron chi connectivity index (χ4n) is 1.94. The summed E-state index contributed by atoms with van der Waals surface area (Å²) in [5.74, 6) is -0.0291. The summed E-state index contributed by atoms with van der Waals surface area (Å²) < 4.78 is 10.1. The molecule has 0 aliphatic rings. The van der Waals surface area contributed by atoms with Crippen LogP contribution in [0.3, 0.4) is 0 Å². The molecule has 2 aromatic rings.